The number of hydrogen-bond donors (Lipinski definition) is 2. The number of aliphatic hydroxyl groups is 1. The van der Waals surface area contributed by atoms with Crippen molar-refractivity contribution < 1.29 is 47.3 Å². The van der Waals surface area contributed by atoms with Gasteiger partial charge < -0.3 is 32.0 Å². The topological polar surface area (TPSA) is 174 Å². The van der Waals surface area contributed by atoms with Crippen LogP contribution in [0.5, 0.6) is 5.75 Å². The molecular formula is C15H15MoN3O5-6. The monoisotopic (exact) mass is 415 g/mol. The summed E-state index contributed by atoms with van der Waals surface area (Å²) in [6.07, 6.45) is 1.25. The van der Waals surface area contributed by atoms with E-state index >= 15 is 0 Å². The fourth-order valence-electron chi connectivity index (χ4n) is 1.48. The van der Waals surface area contributed by atoms with Crippen LogP contribution in [0.4, 0.5) is 5.69 Å². The normalized spacial score (nSPS) is 9.67. The summed E-state index contributed by atoms with van der Waals surface area (Å²) in [5.41, 5.74) is 6.65. The van der Waals surface area contributed by atoms with E-state index in [-0.39, 0.29) is 43.3 Å². The molecule has 8 nitrogen and oxygen atoms in total. The van der Waals surface area contributed by atoms with Crippen molar-refractivity contribution in [3.05, 3.63) is 59.7 Å². The number of hydrogen-bond acceptors (Lipinski definition) is 6. The molecule has 24 heavy (non-hydrogen) atoms. The van der Waals surface area contributed by atoms with E-state index in [1.165, 1.54) is 12.3 Å². The van der Waals surface area contributed by atoms with E-state index in [1.54, 1.807) is 42.5 Å². The van der Waals surface area contributed by atoms with Crippen molar-refractivity contribution in [2.75, 3.05) is 12.8 Å². The van der Waals surface area contributed by atoms with E-state index in [9.17, 15) is 10.2 Å². The van der Waals surface area contributed by atoms with Gasteiger partial charge in [-0.25, -0.2) is 0 Å². The molecule has 9 heteroatoms. The van der Waals surface area contributed by atoms with Crippen LogP contribution in [0.15, 0.2) is 58.7 Å². The van der Waals surface area contributed by atoms with Gasteiger partial charge >= 0.3 is 0 Å². The maximum atomic E-state index is 11.7. The quantitative estimate of drug-likeness (QED) is 0.234. The summed E-state index contributed by atoms with van der Waals surface area (Å²) in [5, 5.41) is 37.2. The Morgan fingerprint density at radius 1 is 1.04 bits per heavy atom. The molecule has 0 atom stereocenters. The number of anilines is 1. The maximum Gasteiger partial charge on any atom is 0.0561 e. The zero-order chi connectivity index (χ0) is 15.7. The summed E-state index contributed by atoms with van der Waals surface area (Å²) >= 11 is 0. The van der Waals surface area contributed by atoms with Gasteiger partial charge in [0.05, 0.1) is 6.21 Å². The number of para-hydroxylation sites is 2. The zero-order valence-electron chi connectivity index (χ0n) is 12.7. The molecule has 2 rings (SSSR count). The number of nitrogen functional groups attached to an aromatic ring is 1. The first-order valence-corrected chi connectivity index (χ1v) is 6.02. The Morgan fingerprint density at radius 3 is 2.17 bits per heavy atom. The Labute approximate surface area is 153 Å². The zero-order valence-corrected chi connectivity index (χ0v) is 14.7. The molecule has 0 bridgehead atoms. The van der Waals surface area contributed by atoms with Crippen LogP contribution in [0.3, 0.4) is 0 Å². The minimum Gasteiger partial charge on any atom is -2.00 e. The van der Waals surface area contributed by atoms with Crippen LogP contribution in [0.25, 0.3) is 0 Å². The van der Waals surface area contributed by atoms with E-state index in [2.05, 4.69) is 10.2 Å². The molecule has 0 saturated heterocycles. The van der Waals surface area contributed by atoms with E-state index in [0.29, 0.717) is 11.3 Å². The molecular weight excluding hydrogens is 398 g/mol. The van der Waals surface area contributed by atoms with Crippen LogP contribution in [0.1, 0.15) is 11.1 Å². The Kier molecular flexibility index (Phi) is 15.9. The first-order chi connectivity index (χ1) is 10.2. The van der Waals surface area contributed by atoms with E-state index in [1.807, 2.05) is 0 Å². The second-order valence-corrected chi connectivity index (χ2v) is 3.77. The number of aliphatic hydroxyl groups excluding tert-OH is 1. The Bertz CT molecular complexity index is 651. The van der Waals surface area contributed by atoms with Crippen LogP contribution >= 0.6 is 0 Å². The Morgan fingerprint density at radius 2 is 1.58 bits per heavy atom. The summed E-state index contributed by atoms with van der Waals surface area (Å²) in [6, 6.07) is 12.9. The molecule has 0 aliphatic carbocycles. The van der Waals surface area contributed by atoms with Gasteiger partial charge in [0.2, 0.25) is 0 Å². The van der Waals surface area contributed by atoms with Crippen molar-refractivity contribution in [1.82, 2.24) is 0 Å². The molecule has 0 unspecified atom stereocenters. The average molecular weight is 413 g/mol. The van der Waals surface area contributed by atoms with Crippen LogP contribution in [-0.2, 0) is 32.0 Å². The van der Waals surface area contributed by atoms with Gasteiger partial charge in [-0.3, -0.25) is 0 Å². The van der Waals surface area contributed by atoms with E-state index in [0.717, 1.165) is 7.11 Å². The van der Waals surface area contributed by atoms with Gasteiger partial charge in [0.1, 0.15) is 0 Å². The predicted molar refractivity (Wildman–Crippen MR) is 80.4 cm³/mol. The molecule has 0 spiro atoms. The molecule has 0 heterocycles. The largest absolute Gasteiger partial charge is 2.00 e. The number of nitrogens with two attached hydrogens (primary N) is 1. The fraction of sp³-hybridized carbons (Fsp3) is 0.0667. The van der Waals surface area contributed by atoms with Gasteiger partial charge in [0, 0.05) is 45.3 Å². The number of benzene rings is 2. The second kappa shape index (κ2) is 14.3. The molecule has 0 aliphatic rings. The van der Waals surface area contributed by atoms with Crippen LogP contribution in [0.2, 0.25) is 0 Å². The average Bonchev–Trinajstić information content (AvgIpc) is 2.51. The standard InChI is InChI=1S/C14H13N3O2.CH4O.Mo.2O/c15-12-7-3-2-6-11(12)14(19)17-16-9-10-5-1-4-8-13(10)18;1-2;;;/h1-9,18H,15H2,(H,17,19);2H,1H3;;;/q;;;2*-2/p-2/b16-9+;;;;. The first kappa shape index (κ1) is 26.6. The Hall–Kier alpha value is -2.25. The minimum atomic E-state index is -0.544. The molecule has 0 amide bonds. The summed E-state index contributed by atoms with van der Waals surface area (Å²) in [7, 11) is 1.00. The Balaban J connectivity index is -0.000000850. The third-order valence-electron chi connectivity index (χ3n) is 2.46. The third kappa shape index (κ3) is 7.84. The molecule has 0 fully saturated rings. The SMILES string of the molecule is CO.Nc1ccccc1/C([O-])=N/N=C/c1ccccc1[O-].[Mo].[O-2].[O-2]. The molecule has 3 N–H and O–H groups in total. The molecule has 132 valence electrons. The first-order valence-electron chi connectivity index (χ1n) is 6.02. The smallest absolute Gasteiger partial charge is 0.0561 e. The van der Waals surface area contributed by atoms with Crippen molar-refractivity contribution in [1.29, 1.82) is 0 Å². The van der Waals surface area contributed by atoms with Gasteiger partial charge in [-0.2, -0.15) is 10.2 Å². The second-order valence-electron chi connectivity index (χ2n) is 3.77. The van der Waals surface area contributed by atoms with Crippen molar-refractivity contribution in [3.8, 4) is 5.75 Å². The van der Waals surface area contributed by atoms with Gasteiger partial charge in [-0.15, -0.1) is 0 Å². The maximum absolute atomic E-state index is 11.7. The van der Waals surface area contributed by atoms with Gasteiger partial charge in [0.25, 0.3) is 0 Å². The van der Waals surface area contributed by atoms with E-state index in [4.69, 9.17) is 10.8 Å². The minimum absolute atomic E-state index is 0. The van der Waals surface area contributed by atoms with Crippen molar-refractivity contribution in [2.24, 2.45) is 10.2 Å². The van der Waals surface area contributed by atoms with Gasteiger partial charge in [-0.1, -0.05) is 48.2 Å². The summed E-state index contributed by atoms with van der Waals surface area (Å²) in [4.78, 5) is 0. The fourth-order valence-corrected chi connectivity index (χ4v) is 1.48. The number of rotatable bonds is 3. The van der Waals surface area contributed by atoms with Crippen LogP contribution in [-0.4, -0.2) is 24.3 Å². The summed E-state index contributed by atoms with van der Waals surface area (Å²) < 4.78 is 0. The van der Waals surface area contributed by atoms with E-state index < -0.39 is 5.90 Å². The number of nitrogens with zero attached hydrogens (tertiary/aromatic N) is 2. The van der Waals surface area contributed by atoms with Gasteiger partial charge in [0.15, 0.2) is 0 Å². The molecule has 0 aliphatic heterocycles. The van der Waals surface area contributed by atoms with Crippen molar-refractivity contribution in [3.63, 3.8) is 0 Å². The predicted octanol–water partition coefficient (Wildman–Crippen LogP) is -0.148. The molecule has 0 saturated carbocycles. The molecule has 0 aromatic heterocycles. The summed E-state index contributed by atoms with van der Waals surface area (Å²) in [5.74, 6) is -0.717. The van der Waals surface area contributed by atoms with Gasteiger partial charge in [-0.05, 0) is 11.6 Å². The molecule has 2 aromatic rings. The van der Waals surface area contributed by atoms with Crippen molar-refractivity contribution >= 4 is 17.8 Å². The molecule has 0 radical (unpaired) electrons. The van der Waals surface area contributed by atoms with Crippen molar-refractivity contribution in [2.45, 2.75) is 0 Å². The summed E-state index contributed by atoms with van der Waals surface area (Å²) in [6.45, 7) is 0. The van der Waals surface area contributed by atoms with Crippen LogP contribution in [0, 0.1) is 0 Å². The van der Waals surface area contributed by atoms with Crippen LogP contribution < -0.4 is 15.9 Å². The molecule has 2 aromatic carbocycles. The third-order valence-corrected chi connectivity index (χ3v) is 2.46.